The average Bonchev–Trinajstić information content (AvgIpc) is 2.93. The summed E-state index contributed by atoms with van der Waals surface area (Å²) in [5.41, 5.74) is 2.00. The van der Waals surface area contributed by atoms with E-state index in [1.54, 1.807) is 37.4 Å². The number of fused-ring (bicyclic) bond motifs is 1. The normalized spacial score (nSPS) is 15.8. The van der Waals surface area contributed by atoms with E-state index >= 15 is 0 Å². The van der Waals surface area contributed by atoms with Gasteiger partial charge in [0.15, 0.2) is 0 Å². The van der Waals surface area contributed by atoms with Crippen molar-refractivity contribution in [1.29, 1.82) is 0 Å². The second kappa shape index (κ2) is 8.10. The summed E-state index contributed by atoms with van der Waals surface area (Å²) < 4.78 is 18.1. The van der Waals surface area contributed by atoms with Gasteiger partial charge in [0.05, 0.1) is 0 Å². The van der Waals surface area contributed by atoms with Crippen LogP contribution in [0.15, 0.2) is 48.5 Å². The summed E-state index contributed by atoms with van der Waals surface area (Å²) in [5, 5.41) is 2.87. The average molecular weight is 356 g/mol. The zero-order valence-corrected chi connectivity index (χ0v) is 14.6. The van der Waals surface area contributed by atoms with Crippen LogP contribution in [-0.4, -0.2) is 37.0 Å². The number of carbonyl (C=O) groups is 2. The highest BCUT2D eigenvalue weighted by atomic mass is 19.1. The first-order chi connectivity index (χ1) is 12.6. The fraction of sp³-hybridized carbons (Fsp3) is 0.300. The summed E-state index contributed by atoms with van der Waals surface area (Å²) in [6, 6.07) is 12.4. The highest BCUT2D eigenvalue weighted by Crippen LogP contribution is 2.34. The second-order valence-corrected chi connectivity index (χ2v) is 6.19. The number of amides is 2. The Morgan fingerprint density at radius 2 is 1.92 bits per heavy atom. The molecule has 136 valence electrons. The van der Waals surface area contributed by atoms with E-state index in [4.69, 9.17) is 4.74 Å². The van der Waals surface area contributed by atoms with Crippen LogP contribution >= 0.6 is 0 Å². The first kappa shape index (κ1) is 18.1. The molecule has 1 atom stereocenters. The maximum absolute atomic E-state index is 13.1. The van der Waals surface area contributed by atoms with Crippen molar-refractivity contribution < 1.29 is 18.7 Å². The molecular formula is C20H21FN2O3. The van der Waals surface area contributed by atoms with Crippen LogP contribution in [-0.2, 0) is 16.1 Å². The van der Waals surface area contributed by atoms with Crippen molar-refractivity contribution in [2.45, 2.75) is 19.0 Å². The monoisotopic (exact) mass is 356 g/mol. The number of halogens is 1. The lowest BCUT2D eigenvalue weighted by Gasteiger charge is -2.25. The Balaban J connectivity index is 1.82. The fourth-order valence-electron chi connectivity index (χ4n) is 3.13. The lowest BCUT2D eigenvalue weighted by atomic mass is 10.0. The molecule has 2 aromatic carbocycles. The van der Waals surface area contributed by atoms with Gasteiger partial charge in [-0.15, -0.1) is 0 Å². The van der Waals surface area contributed by atoms with E-state index in [9.17, 15) is 14.0 Å². The highest BCUT2D eigenvalue weighted by Gasteiger charge is 2.40. The van der Waals surface area contributed by atoms with Crippen LogP contribution in [0.5, 0.6) is 0 Å². The summed E-state index contributed by atoms with van der Waals surface area (Å²) >= 11 is 0. The Hall–Kier alpha value is -2.73. The largest absolute Gasteiger partial charge is 0.385 e. The molecule has 2 aromatic rings. The number of rotatable bonds is 7. The van der Waals surface area contributed by atoms with Gasteiger partial charge in [-0.1, -0.05) is 30.3 Å². The zero-order valence-electron chi connectivity index (χ0n) is 14.6. The van der Waals surface area contributed by atoms with E-state index in [1.807, 2.05) is 6.07 Å². The van der Waals surface area contributed by atoms with Gasteiger partial charge in [0.2, 0.25) is 5.91 Å². The van der Waals surface area contributed by atoms with Gasteiger partial charge < -0.3 is 15.0 Å². The molecule has 5 nitrogen and oxygen atoms in total. The van der Waals surface area contributed by atoms with Crippen molar-refractivity contribution in [2.75, 3.05) is 20.3 Å². The van der Waals surface area contributed by atoms with Crippen LogP contribution in [0.3, 0.4) is 0 Å². The molecule has 1 aliphatic heterocycles. The van der Waals surface area contributed by atoms with Crippen molar-refractivity contribution >= 4 is 11.8 Å². The molecule has 0 spiro atoms. The first-order valence-corrected chi connectivity index (χ1v) is 8.53. The van der Waals surface area contributed by atoms with Gasteiger partial charge in [-0.2, -0.15) is 0 Å². The third-order valence-corrected chi connectivity index (χ3v) is 4.40. The Morgan fingerprint density at radius 3 is 2.65 bits per heavy atom. The zero-order chi connectivity index (χ0) is 18.5. The minimum atomic E-state index is -0.689. The van der Waals surface area contributed by atoms with Gasteiger partial charge in [-0.3, -0.25) is 9.59 Å². The van der Waals surface area contributed by atoms with Crippen LogP contribution in [0, 0.1) is 5.82 Å². The molecule has 26 heavy (non-hydrogen) atoms. The van der Waals surface area contributed by atoms with Crippen molar-refractivity contribution in [2.24, 2.45) is 0 Å². The predicted octanol–water partition coefficient (Wildman–Crippen LogP) is 2.68. The molecule has 0 aliphatic carbocycles. The number of hydrogen-bond donors (Lipinski definition) is 1. The summed E-state index contributed by atoms with van der Waals surface area (Å²) in [7, 11) is 1.61. The van der Waals surface area contributed by atoms with Gasteiger partial charge in [-0.05, 0) is 35.7 Å². The maximum atomic E-state index is 13.1. The molecular weight excluding hydrogens is 335 g/mol. The lowest BCUT2D eigenvalue weighted by molar-refractivity contribution is -0.125. The number of nitrogens with zero attached hydrogens (tertiary/aromatic N) is 1. The van der Waals surface area contributed by atoms with E-state index in [1.165, 1.54) is 17.0 Å². The Labute approximate surface area is 151 Å². The number of carbonyl (C=O) groups excluding carboxylic acids is 2. The molecule has 0 saturated carbocycles. The van der Waals surface area contributed by atoms with Crippen molar-refractivity contribution in [1.82, 2.24) is 10.2 Å². The van der Waals surface area contributed by atoms with Crippen LogP contribution in [0.1, 0.15) is 33.9 Å². The van der Waals surface area contributed by atoms with Crippen LogP contribution in [0.4, 0.5) is 4.39 Å². The van der Waals surface area contributed by atoms with Crippen molar-refractivity contribution in [3.05, 3.63) is 71.0 Å². The highest BCUT2D eigenvalue weighted by molar-refractivity contribution is 6.04. The third-order valence-electron chi connectivity index (χ3n) is 4.40. The number of methoxy groups -OCH3 is 1. The Bertz CT molecular complexity index is 792. The predicted molar refractivity (Wildman–Crippen MR) is 95.0 cm³/mol. The lowest BCUT2D eigenvalue weighted by Crippen LogP contribution is -2.39. The molecule has 0 fully saturated rings. The summed E-state index contributed by atoms with van der Waals surface area (Å²) in [6.07, 6.45) is 0.697. The van der Waals surface area contributed by atoms with Crippen LogP contribution in [0.25, 0.3) is 0 Å². The minimum Gasteiger partial charge on any atom is -0.385 e. The maximum Gasteiger partial charge on any atom is 0.255 e. The number of hydrogen-bond acceptors (Lipinski definition) is 3. The number of ether oxygens (including phenoxy) is 1. The van der Waals surface area contributed by atoms with Gasteiger partial charge in [0.1, 0.15) is 11.9 Å². The van der Waals surface area contributed by atoms with E-state index in [0.29, 0.717) is 30.7 Å². The molecule has 2 amide bonds. The van der Waals surface area contributed by atoms with Gasteiger partial charge >= 0.3 is 0 Å². The molecule has 0 saturated heterocycles. The van der Waals surface area contributed by atoms with Crippen LogP contribution in [0.2, 0.25) is 0 Å². The molecule has 6 heteroatoms. The Kier molecular flexibility index (Phi) is 5.63. The molecule has 0 aromatic heterocycles. The smallest absolute Gasteiger partial charge is 0.255 e. The number of benzene rings is 2. The second-order valence-electron chi connectivity index (χ2n) is 6.19. The molecule has 1 N–H and O–H groups in total. The van der Waals surface area contributed by atoms with Crippen molar-refractivity contribution in [3.63, 3.8) is 0 Å². The van der Waals surface area contributed by atoms with E-state index in [0.717, 1.165) is 5.56 Å². The van der Waals surface area contributed by atoms with Gasteiger partial charge in [0, 0.05) is 32.4 Å². The fourth-order valence-corrected chi connectivity index (χ4v) is 3.13. The molecule has 1 aliphatic rings. The summed E-state index contributed by atoms with van der Waals surface area (Å²) in [4.78, 5) is 27.1. The summed E-state index contributed by atoms with van der Waals surface area (Å²) in [5.74, 6) is -0.749. The third kappa shape index (κ3) is 3.75. The quantitative estimate of drug-likeness (QED) is 0.776. The van der Waals surface area contributed by atoms with Gasteiger partial charge in [-0.25, -0.2) is 4.39 Å². The SMILES string of the molecule is COCCCNC(=O)[C@@H]1c2ccccc2C(=O)N1Cc1ccc(F)cc1. The molecule has 0 bridgehead atoms. The van der Waals surface area contributed by atoms with Crippen LogP contribution < -0.4 is 5.32 Å². The topological polar surface area (TPSA) is 58.6 Å². The molecule has 0 unspecified atom stereocenters. The van der Waals surface area contributed by atoms with Crippen molar-refractivity contribution in [3.8, 4) is 0 Å². The Morgan fingerprint density at radius 1 is 1.19 bits per heavy atom. The minimum absolute atomic E-state index is 0.193. The van der Waals surface area contributed by atoms with E-state index < -0.39 is 6.04 Å². The van der Waals surface area contributed by atoms with E-state index in [2.05, 4.69) is 5.32 Å². The van der Waals surface area contributed by atoms with E-state index in [-0.39, 0.29) is 24.2 Å². The number of nitrogens with one attached hydrogen (secondary N) is 1. The molecule has 0 radical (unpaired) electrons. The first-order valence-electron chi connectivity index (χ1n) is 8.53. The summed E-state index contributed by atoms with van der Waals surface area (Å²) in [6.45, 7) is 1.27. The standard InChI is InChI=1S/C20H21FN2O3/c1-26-12-4-11-22-19(24)18-16-5-2-3-6-17(16)20(25)23(18)13-14-7-9-15(21)10-8-14/h2-3,5-10,18H,4,11-13H2,1H3,(H,22,24)/t18-/m0/s1. The molecule has 3 rings (SSSR count). The molecule has 1 heterocycles. The van der Waals surface area contributed by atoms with Gasteiger partial charge in [0.25, 0.3) is 5.91 Å².